The fraction of sp³-hybridized carbons (Fsp3) is 0.357. The molecule has 1 unspecified atom stereocenters. The van der Waals surface area contributed by atoms with Gasteiger partial charge in [-0.1, -0.05) is 49.2 Å². The van der Waals surface area contributed by atoms with E-state index < -0.39 is 5.82 Å². The number of rotatable bonds is 4. The molecule has 0 amide bonds. The van der Waals surface area contributed by atoms with E-state index in [9.17, 15) is 4.39 Å². The van der Waals surface area contributed by atoms with Crippen LogP contribution in [0.15, 0.2) is 22.7 Å². The molecule has 5 heteroatoms. The molecule has 2 aromatic rings. The lowest BCUT2D eigenvalue weighted by Gasteiger charge is -2.10. The normalized spacial score (nSPS) is 12.6. The SMILES string of the molecule is CCCC(C)c1noc(N)c1-c1cccc(Cl)c1F. The van der Waals surface area contributed by atoms with E-state index in [1.807, 2.05) is 6.92 Å². The Morgan fingerprint density at radius 1 is 1.47 bits per heavy atom. The number of aromatic nitrogens is 1. The van der Waals surface area contributed by atoms with Crippen molar-refractivity contribution in [2.75, 3.05) is 5.73 Å². The molecule has 1 aromatic heterocycles. The molecule has 0 fully saturated rings. The predicted molar refractivity (Wildman–Crippen MR) is 74.6 cm³/mol. The number of anilines is 1. The lowest BCUT2D eigenvalue weighted by Crippen LogP contribution is -1.98. The summed E-state index contributed by atoms with van der Waals surface area (Å²) in [5.74, 6) is -0.220. The van der Waals surface area contributed by atoms with E-state index in [-0.39, 0.29) is 16.8 Å². The van der Waals surface area contributed by atoms with Gasteiger partial charge in [0.15, 0.2) is 0 Å². The third-order valence-electron chi connectivity index (χ3n) is 3.15. The molecular weight excluding hydrogens is 267 g/mol. The molecule has 2 rings (SSSR count). The number of nitrogen functional groups attached to an aromatic ring is 1. The average Bonchev–Trinajstić information content (AvgIpc) is 2.75. The van der Waals surface area contributed by atoms with Crippen molar-refractivity contribution in [3.8, 4) is 11.1 Å². The van der Waals surface area contributed by atoms with Crippen LogP contribution in [0.3, 0.4) is 0 Å². The topological polar surface area (TPSA) is 52.0 Å². The monoisotopic (exact) mass is 282 g/mol. The van der Waals surface area contributed by atoms with Crippen LogP contribution in [0.4, 0.5) is 10.3 Å². The first-order valence-electron chi connectivity index (χ1n) is 6.25. The average molecular weight is 283 g/mol. The Bertz CT molecular complexity index is 583. The minimum Gasteiger partial charge on any atom is -0.367 e. The molecule has 102 valence electrons. The van der Waals surface area contributed by atoms with Gasteiger partial charge in [0.25, 0.3) is 0 Å². The van der Waals surface area contributed by atoms with Crippen LogP contribution in [-0.2, 0) is 0 Å². The van der Waals surface area contributed by atoms with Crippen LogP contribution in [0.1, 0.15) is 38.3 Å². The van der Waals surface area contributed by atoms with Gasteiger partial charge in [0, 0.05) is 11.5 Å². The maximum absolute atomic E-state index is 14.1. The predicted octanol–water partition coefficient (Wildman–Crippen LogP) is 4.62. The maximum atomic E-state index is 14.1. The van der Waals surface area contributed by atoms with Gasteiger partial charge in [0.2, 0.25) is 5.88 Å². The van der Waals surface area contributed by atoms with Gasteiger partial charge in [-0.15, -0.1) is 0 Å². The highest BCUT2D eigenvalue weighted by atomic mass is 35.5. The van der Waals surface area contributed by atoms with Gasteiger partial charge in [-0.3, -0.25) is 0 Å². The van der Waals surface area contributed by atoms with Crippen molar-refractivity contribution in [1.82, 2.24) is 5.16 Å². The molecule has 1 atom stereocenters. The third kappa shape index (κ3) is 2.59. The number of nitrogens with two attached hydrogens (primary N) is 1. The maximum Gasteiger partial charge on any atom is 0.230 e. The molecule has 0 aliphatic heterocycles. The molecule has 19 heavy (non-hydrogen) atoms. The molecule has 0 saturated carbocycles. The summed E-state index contributed by atoms with van der Waals surface area (Å²) in [6.45, 7) is 4.10. The summed E-state index contributed by atoms with van der Waals surface area (Å²) < 4.78 is 19.1. The highest BCUT2D eigenvalue weighted by molar-refractivity contribution is 6.31. The Morgan fingerprint density at radius 2 is 2.21 bits per heavy atom. The van der Waals surface area contributed by atoms with Gasteiger partial charge < -0.3 is 10.3 Å². The molecule has 0 saturated heterocycles. The standard InChI is InChI=1S/C14H16ClFN2O/c1-3-5-8(2)13-11(14(17)19-18-13)9-6-4-7-10(15)12(9)16/h4,6-8H,3,5,17H2,1-2H3. The summed E-state index contributed by atoms with van der Waals surface area (Å²) in [5, 5.41) is 4.03. The van der Waals surface area contributed by atoms with Crippen LogP contribution in [0, 0.1) is 5.82 Å². The molecule has 0 aliphatic carbocycles. The molecule has 1 aromatic carbocycles. The van der Waals surface area contributed by atoms with Crippen molar-refractivity contribution < 1.29 is 8.91 Å². The molecule has 0 spiro atoms. The first-order valence-corrected chi connectivity index (χ1v) is 6.63. The minimum atomic E-state index is -0.496. The highest BCUT2D eigenvalue weighted by Gasteiger charge is 2.23. The number of hydrogen-bond donors (Lipinski definition) is 1. The van der Waals surface area contributed by atoms with Crippen molar-refractivity contribution in [3.05, 3.63) is 34.7 Å². The van der Waals surface area contributed by atoms with Gasteiger partial charge in [0.1, 0.15) is 5.82 Å². The van der Waals surface area contributed by atoms with E-state index in [2.05, 4.69) is 12.1 Å². The molecule has 1 heterocycles. The Labute approximate surface area is 116 Å². The third-order valence-corrected chi connectivity index (χ3v) is 3.45. The van der Waals surface area contributed by atoms with Crippen LogP contribution in [-0.4, -0.2) is 5.16 Å². The molecule has 3 nitrogen and oxygen atoms in total. The van der Waals surface area contributed by atoms with Crippen LogP contribution < -0.4 is 5.73 Å². The second-order valence-electron chi connectivity index (χ2n) is 4.60. The summed E-state index contributed by atoms with van der Waals surface area (Å²) in [5.41, 5.74) is 7.32. The largest absolute Gasteiger partial charge is 0.367 e. The van der Waals surface area contributed by atoms with E-state index >= 15 is 0 Å². The molecule has 0 radical (unpaired) electrons. The van der Waals surface area contributed by atoms with Crippen LogP contribution in [0.25, 0.3) is 11.1 Å². The molecular formula is C14H16ClFN2O. The summed E-state index contributed by atoms with van der Waals surface area (Å²) in [7, 11) is 0. The Kier molecular flexibility index (Phi) is 4.10. The van der Waals surface area contributed by atoms with E-state index in [4.69, 9.17) is 21.9 Å². The highest BCUT2D eigenvalue weighted by Crippen LogP contribution is 2.38. The molecule has 0 bridgehead atoms. The Balaban J connectivity index is 2.55. The Morgan fingerprint density at radius 3 is 2.89 bits per heavy atom. The van der Waals surface area contributed by atoms with Gasteiger partial charge in [-0.2, -0.15) is 0 Å². The summed E-state index contributed by atoms with van der Waals surface area (Å²) in [4.78, 5) is 0. The van der Waals surface area contributed by atoms with Crippen LogP contribution in [0.5, 0.6) is 0 Å². The Hall–Kier alpha value is -1.55. The van der Waals surface area contributed by atoms with E-state index in [1.54, 1.807) is 12.1 Å². The molecule has 0 aliphatic rings. The van der Waals surface area contributed by atoms with E-state index in [1.165, 1.54) is 6.07 Å². The van der Waals surface area contributed by atoms with E-state index in [0.717, 1.165) is 12.8 Å². The van der Waals surface area contributed by atoms with Crippen molar-refractivity contribution >= 4 is 17.5 Å². The zero-order valence-electron chi connectivity index (χ0n) is 10.9. The first-order chi connectivity index (χ1) is 9.06. The quantitative estimate of drug-likeness (QED) is 0.890. The van der Waals surface area contributed by atoms with Crippen LogP contribution in [0.2, 0.25) is 5.02 Å². The zero-order valence-corrected chi connectivity index (χ0v) is 11.7. The molecule has 2 N–H and O–H groups in total. The summed E-state index contributed by atoms with van der Waals surface area (Å²) in [6.07, 6.45) is 1.94. The summed E-state index contributed by atoms with van der Waals surface area (Å²) in [6, 6.07) is 4.81. The van der Waals surface area contributed by atoms with Crippen molar-refractivity contribution in [2.24, 2.45) is 0 Å². The van der Waals surface area contributed by atoms with Crippen molar-refractivity contribution in [3.63, 3.8) is 0 Å². The number of benzene rings is 1. The van der Waals surface area contributed by atoms with Gasteiger partial charge in [-0.25, -0.2) is 4.39 Å². The van der Waals surface area contributed by atoms with Gasteiger partial charge in [0.05, 0.1) is 16.3 Å². The number of halogens is 2. The second kappa shape index (κ2) is 5.61. The van der Waals surface area contributed by atoms with Crippen molar-refractivity contribution in [2.45, 2.75) is 32.6 Å². The van der Waals surface area contributed by atoms with Crippen LogP contribution >= 0.6 is 11.6 Å². The fourth-order valence-electron chi connectivity index (χ4n) is 2.19. The van der Waals surface area contributed by atoms with Gasteiger partial charge >= 0.3 is 0 Å². The lowest BCUT2D eigenvalue weighted by molar-refractivity contribution is 0.419. The number of hydrogen-bond acceptors (Lipinski definition) is 3. The first kappa shape index (κ1) is 13.9. The lowest BCUT2D eigenvalue weighted by atomic mass is 9.95. The number of nitrogens with zero attached hydrogens (tertiary/aromatic N) is 1. The summed E-state index contributed by atoms with van der Waals surface area (Å²) >= 11 is 5.81. The minimum absolute atomic E-state index is 0.0622. The van der Waals surface area contributed by atoms with E-state index in [0.29, 0.717) is 16.8 Å². The fourth-order valence-corrected chi connectivity index (χ4v) is 2.36. The second-order valence-corrected chi connectivity index (χ2v) is 5.01. The zero-order chi connectivity index (χ0) is 14.0. The van der Waals surface area contributed by atoms with Gasteiger partial charge in [-0.05, 0) is 12.5 Å². The smallest absolute Gasteiger partial charge is 0.230 e. The van der Waals surface area contributed by atoms with Crippen molar-refractivity contribution in [1.29, 1.82) is 0 Å².